The predicted octanol–water partition coefficient (Wildman–Crippen LogP) is 2.67. The third-order valence-corrected chi connectivity index (χ3v) is 2.25. The summed E-state index contributed by atoms with van der Waals surface area (Å²) in [6, 6.07) is 1.33. The van der Waals surface area contributed by atoms with Crippen LogP contribution in [0.1, 0.15) is 17.6 Å². The molecule has 1 aromatic rings. The minimum absolute atomic E-state index is 0.123. The van der Waals surface area contributed by atoms with E-state index in [0.717, 1.165) is 0 Å². The molecule has 2 N–H and O–H groups in total. The molecule has 0 spiro atoms. The minimum atomic E-state index is -2.57. The molecular weight excluding hydrogens is 230 g/mol. The van der Waals surface area contributed by atoms with Crippen molar-refractivity contribution in [3.05, 3.63) is 21.8 Å². The molecule has 0 aliphatic rings. The molecule has 0 aromatic carbocycles. The molecular formula is C7H7BrF2N2. The molecule has 5 heteroatoms. The van der Waals surface area contributed by atoms with E-state index in [-0.39, 0.29) is 11.4 Å². The Labute approximate surface area is 76.9 Å². The van der Waals surface area contributed by atoms with Gasteiger partial charge in [0.15, 0.2) is 0 Å². The van der Waals surface area contributed by atoms with Gasteiger partial charge >= 0.3 is 0 Å². The second kappa shape index (κ2) is 3.35. The lowest BCUT2D eigenvalue weighted by Crippen LogP contribution is -1.99. The first kappa shape index (κ1) is 9.38. The summed E-state index contributed by atoms with van der Waals surface area (Å²) in [4.78, 5) is 3.71. The zero-order valence-electron chi connectivity index (χ0n) is 6.31. The molecule has 1 heterocycles. The lowest BCUT2D eigenvalue weighted by atomic mass is 10.2. The fourth-order valence-corrected chi connectivity index (χ4v) is 1.11. The van der Waals surface area contributed by atoms with Crippen LogP contribution in [-0.4, -0.2) is 4.98 Å². The van der Waals surface area contributed by atoms with E-state index in [0.29, 0.717) is 10.2 Å². The van der Waals surface area contributed by atoms with E-state index in [2.05, 4.69) is 20.9 Å². The second-order valence-electron chi connectivity index (χ2n) is 2.37. The standard InChI is InChI=1S/C7H7BrF2N2/c1-3-2-4(6(9)10)7(11)12-5(3)8/h2,6H,1H3,(H2,11,12). The summed E-state index contributed by atoms with van der Waals surface area (Å²) in [6.07, 6.45) is -2.57. The first-order valence-corrected chi connectivity index (χ1v) is 4.02. The molecule has 12 heavy (non-hydrogen) atoms. The molecule has 0 aliphatic carbocycles. The maximum Gasteiger partial charge on any atom is 0.267 e. The van der Waals surface area contributed by atoms with Gasteiger partial charge in [0.25, 0.3) is 6.43 Å². The van der Waals surface area contributed by atoms with Gasteiger partial charge in [-0.25, -0.2) is 13.8 Å². The van der Waals surface area contributed by atoms with Crippen LogP contribution in [0.5, 0.6) is 0 Å². The van der Waals surface area contributed by atoms with Crippen LogP contribution in [0.4, 0.5) is 14.6 Å². The van der Waals surface area contributed by atoms with Gasteiger partial charge in [-0.1, -0.05) is 0 Å². The van der Waals surface area contributed by atoms with Gasteiger partial charge in [-0.2, -0.15) is 0 Å². The van der Waals surface area contributed by atoms with Crippen LogP contribution < -0.4 is 5.73 Å². The molecule has 0 bridgehead atoms. The van der Waals surface area contributed by atoms with Gasteiger partial charge in [-0.05, 0) is 34.5 Å². The molecule has 0 unspecified atom stereocenters. The van der Waals surface area contributed by atoms with Gasteiger partial charge in [-0.3, -0.25) is 0 Å². The highest BCUT2D eigenvalue weighted by molar-refractivity contribution is 9.10. The van der Waals surface area contributed by atoms with Crippen molar-refractivity contribution in [1.82, 2.24) is 4.98 Å². The number of aromatic nitrogens is 1. The number of aryl methyl sites for hydroxylation is 1. The van der Waals surface area contributed by atoms with E-state index >= 15 is 0 Å². The maximum atomic E-state index is 12.2. The fraction of sp³-hybridized carbons (Fsp3) is 0.286. The number of halogens is 3. The Morgan fingerprint density at radius 3 is 2.67 bits per heavy atom. The van der Waals surface area contributed by atoms with E-state index in [1.54, 1.807) is 6.92 Å². The number of anilines is 1. The Balaban J connectivity index is 3.23. The third-order valence-electron chi connectivity index (χ3n) is 1.45. The SMILES string of the molecule is Cc1cc(C(F)F)c(N)nc1Br. The van der Waals surface area contributed by atoms with Crippen molar-refractivity contribution in [2.75, 3.05) is 5.73 Å². The Bertz CT molecular complexity index is 302. The molecule has 66 valence electrons. The van der Waals surface area contributed by atoms with E-state index in [4.69, 9.17) is 5.73 Å². The van der Waals surface area contributed by atoms with Crippen LogP contribution in [0.25, 0.3) is 0 Å². The van der Waals surface area contributed by atoms with Crippen molar-refractivity contribution < 1.29 is 8.78 Å². The lowest BCUT2D eigenvalue weighted by molar-refractivity contribution is 0.152. The molecule has 1 rings (SSSR count). The molecule has 0 saturated heterocycles. The number of alkyl halides is 2. The molecule has 0 radical (unpaired) electrons. The van der Waals surface area contributed by atoms with Crippen molar-refractivity contribution in [1.29, 1.82) is 0 Å². The van der Waals surface area contributed by atoms with E-state index < -0.39 is 6.43 Å². The molecule has 2 nitrogen and oxygen atoms in total. The predicted molar refractivity (Wildman–Crippen MR) is 46.0 cm³/mol. The maximum absolute atomic E-state index is 12.2. The fourth-order valence-electron chi connectivity index (χ4n) is 0.800. The molecule has 0 fully saturated rings. The van der Waals surface area contributed by atoms with Crippen molar-refractivity contribution in [2.45, 2.75) is 13.3 Å². The Morgan fingerprint density at radius 1 is 1.58 bits per heavy atom. The highest BCUT2D eigenvalue weighted by Gasteiger charge is 2.13. The molecule has 1 aromatic heterocycles. The van der Waals surface area contributed by atoms with Crippen LogP contribution in [0.2, 0.25) is 0 Å². The smallest absolute Gasteiger partial charge is 0.267 e. The largest absolute Gasteiger partial charge is 0.383 e. The summed E-state index contributed by atoms with van der Waals surface area (Å²) < 4.78 is 24.9. The second-order valence-corrected chi connectivity index (χ2v) is 3.12. The van der Waals surface area contributed by atoms with Gasteiger partial charge in [0.2, 0.25) is 0 Å². The van der Waals surface area contributed by atoms with Gasteiger partial charge in [0.05, 0.1) is 5.56 Å². The number of hydrogen-bond acceptors (Lipinski definition) is 2. The first-order valence-electron chi connectivity index (χ1n) is 3.23. The lowest BCUT2D eigenvalue weighted by Gasteiger charge is -2.05. The van der Waals surface area contributed by atoms with Crippen molar-refractivity contribution in [3.8, 4) is 0 Å². The number of rotatable bonds is 1. The van der Waals surface area contributed by atoms with Gasteiger partial charge < -0.3 is 5.73 Å². The average Bonchev–Trinajstić information content (AvgIpc) is 1.96. The van der Waals surface area contributed by atoms with Crippen LogP contribution in [0, 0.1) is 6.92 Å². The molecule has 0 aliphatic heterocycles. The Kier molecular flexibility index (Phi) is 2.62. The van der Waals surface area contributed by atoms with Gasteiger partial charge in [0.1, 0.15) is 10.4 Å². The van der Waals surface area contributed by atoms with E-state index in [1.807, 2.05) is 0 Å². The average molecular weight is 237 g/mol. The zero-order valence-corrected chi connectivity index (χ0v) is 7.90. The van der Waals surface area contributed by atoms with Crippen LogP contribution in [0.3, 0.4) is 0 Å². The van der Waals surface area contributed by atoms with Crippen LogP contribution in [-0.2, 0) is 0 Å². The quantitative estimate of drug-likeness (QED) is 0.762. The van der Waals surface area contributed by atoms with Crippen molar-refractivity contribution >= 4 is 21.7 Å². The summed E-state index contributed by atoms with van der Waals surface area (Å²) in [6.45, 7) is 1.68. The van der Waals surface area contributed by atoms with Gasteiger partial charge in [0, 0.05) is 0 Å². The normalized spacial score (nSPS) is 10.8. The Morgan fingerprint density at radius 2 is 2.17 bits per heavy atom. The van der Waals surface area contributed by atoms with Crippen molar-refractivity contribution in [3.63, 3.8) is 0 Å². The summed E-state index contributed by atoms with van der Waals surface area (Å²) in [7, 11) is 0. The van der Waals surface area contributed by atoms with Gasteiger partial charge in [-0.15, -0.1) is 0 Å². The Hall–Kier alpha value is -0.710. The summed E-state index contributed by atoms with van der Waals surface area (Å²) in [5.74, 6) is -0.123. The first-order chi connectivity index (χ1) is 5.52. The van der Waals surface area contributed by atoms with Crippen LogP contribution >= 0.6 is 15.9 Å². The highest BCUT2D eigenvalue weighted by Crippen LogP contribution is 2.27. The van der Waals surface area contributed by atoms with Crippen molar-refractivity contribution in [2.24, 2.45) is 0 Å². The third kappa shape index (κ3) is 1.72. The number of nitrogens with zero attached hydrogens (tertiary/aromatic N) is 1. The van der Waals surface area contributed by atoms with E-state index in [1.165, 1.54) is 6.07 Å². The minimum Gasteiger partial charge on any atom is -0.383 e. The molecule has 0 atom stereocenters. The molecule has 0 amide bonds. The summed E-state index contributed by atoms with van der Waals surface area (Å²) in [5.41, 5.74) is 5.71. The number of hydrogen-bond donors (Lipinski definition) is 1. The number of nitrogen functional groups attached to an aromatic ring is 1. The summed E-state index contributed by atoms with van der Waals surface area (Å²) in [5, 5.41) is 0. The summed E-state index contributed by atoms with van der Waals surface area (Å²) >= 11 is 3.09. The topological polar surface area (TPSA) is 38.9 Å². The zero-order chi connectivity index (χ0) is 9.30. The van der Waals surface area contributed by atoms with E-state index in [9.17, 15) is 8.78 Å². The highest BCUT2D eigenvalue weighted by atomic mass is 79.9. The number of pyridine rings is 1. The monoisotopic (exact) mass is 236 g/mol. The van der Waals surface area contributed by atoms with Crippen LogP contribution in [0.15, 0.2) is 10.7 Å². The molecule has 0 saturated carbocycles. The number of nitrogens with two attached hydrogens (primary N) is 1.